The van der Waals surface area contributed by atoms with Crippen molar-refractivity contribution in [1.29, 1.82) is 0 Å². The maximum absolute atomic E-state index is 12.1. The molecule has 1 saturated heterocycles. The van der Waals surface area contributed by atoms with Crippen molar-refractivity contribution in [1.82, 2.24) is 10.3 Å². The van der Waals surface area contributed by atoms with E-state index >= 15 is 0 Å². The molecule has 6 heteroatoms. The van der Waals surface area contributed by atoms with E-state index in [1.165, 1.54) is 0 Å². The molecule has 1 aromatic carbocycles. The van der Waals surface area contributed by atoms with E-state index in [1.807, 2.05) is 25.1 Å². The lowest BCUT2D eigenvalue weighted by molar-refractivity contribution is -0.126. The fraction of sp³-hybridized carbons (Fsp3) is 0.500. The van der Waals surface area contributed by atoms with Crippen LogP contribution in [0.15, 0.2) is 18.2 Å². The number of fused-ring (bicyclic) bond motifs is 1. The van der Waals surface area contributed by atoms with Crippen molar-refractivity contribution in [3.63, 3.8) is 0 Å². The van der Waals surface area contributed by atoms with Crippen molar-refractivity contribution in [2.75, 3.05) is 25.1 Å². The first kappa shape index (κ1) is 15.1. The second kappa shape index (κ2) is 6.12. The van der Waals surface area contributed by atoms with Crippen LogP contribution in [-0.4, -0.2) is 37.1 Å². The van der Waals surface area contributed by atoms with Crippen LogP contribution in [0.2, 0.25) is 0 Å². The average Bonchev–Trinajstić information content (AvgIpc) is 2.87. The van der Waals surface area contributed by atoms with Crippen LogP contribution in [0, 0.1) is 5.92 Å². The molecule has 1 atom stereocenters. The van der Waals surface area contributed by atoms with Crippen LogP contribution < -0.4 is 15.0 Å². The fourth-order valence-corrected chi connectivity index (χ4v) is 3.38. The second-order valence-electron chi connectivity index (χ2n) is 5.75. The lowest BCUT2D eigenvalue weighted by Crippen LogP contribution is -2.54. The molecule has 0 saturated carbocycles. The first-order chi connectivity index (χ1) is 10.6. The molecule has 1 N–H and O–H groups in total. The zero-order chi connectivity index (χ0) is 15.7. The molecule has 0 bridgehead atoms. The highest BCUT2D eigenvalue weighted by atomic mass is 32.1. The van der Waals surface area contributed by atoms with E-state index in [0.29, 0.717) is 0 Å². The van der Waals surface area contributed by atoms with Gasteiger partial charge in [0.1, 0.15) is 5.75 Å². The van der Waals surface area contributed by atoms with E-state index in [4.69, 9.17) is 4.74 Å². The second-order valence-corrected chi connectivity index (χ2v) is 6.76. The van der Waals surface area contributed by atoms with Gasteiger partial charge < -0.3 is 15.0 Å². The number of carbonyl (C=O) groups excluding carboxylic acids is 1. The molecule has 1 aliphatic heterocycles. The average molecular weight is 319 g/mol. The van der Waals surface area contributed by atoms with Gasteiger partial charge in [-0.15, -0.1) is 0 Å². The number of amides is 1. The maximum Gasteiger partial charge on any atom is 0.226 e. The van der Waals surface area contributed by atoms with Gasteiger partial charge >= 0.3 is 0 Å². The number of carbonyl (C=O) groups is 1. The van der Waals surface area contributed by atoms with Gasteiger partial charge in [-0.2, -0.15) is 0 Å². The Morgan fingerprint density at radius 3 is 3.00 bits per heavy atom. The van der Waals surface area contributed by atoms with Crippen LogP contribution in [0.1, 0.15) is 20.3 Å². The normalized spacial score (nSPS) is 16.4. The highest BCUT2D eigenvalue weighted by molar-refractivity contribution is 7.22. The number of rotatable bonds is 5. The lowest BCUT2D eigenvalue weighted by atomic mass is 9.99. The molecule has 5 nitrogen and oxygen atoms in total. The third kappa shape index (κ3) is 2.88. The minimum Gasteiger partial charge on any atom is -0.497 e. The van der Waals surface area contributed by atoms with Crippen molar-refractivity contribution < 1.29 is 9.53 Å². The van der Waals surface area contributed by atoms with Gasteiger partial charge in [0.25, 0.3) is 0 Å². The lowest BCUT2D eigenvalue weighted by Gasteiger charge is -2.38. The Morgan fingerprint density at radius 2 is 2.32 bits per heavy atom. The number of anilines is 1. The summed E-state index contributed by atoms with van der Waals surface area (Å²) in [6, 6.07) is 6.17. The Labute approximate surface area is 134 Å². The fourth-order valence-electron chi connectivity index (χ4n) is 2.42. The van der Waals surface area contributed by atoms with Crippen LogP contribution >= 0.6 is 11.3 Å². The summed E-state index contributed by atoms with van der Waals surface area (Å²) in [5.74, 6) is 1.06. The van der Waals surface area contributed by atoms with Gasteiger partial charge in [-0.3, -0.25) is 4.79 Å². The quantitative estimate of drug-likeness (QED) is 0.920. The zero-order valence-electron chi connectivity index (χ0n) is 13.1. The number of hydrogen-bond donors (Lipinski definition) is 1. The zero-order valence-corrected chi connectivity index (χ0v) is 13.9. The summed E-state index contributed by atoms with van der Waals surface area (Å²) in [4.78, 5) is 18.9. The third-order valence-corrected chi connectivity index (χ3v) is 5.20. The highest BCUT2D eigenvalue weighted by Gasteiger charge is 2.34. The molecule has 3 rings (SSSR count). The minimum atomic E-state index is 0.0792. The van der Waals surface area contributed by atoms with Crippen molar-refractivity contribution >= 4 is 32.6 Å². The van der Waals surface area contributed by atoms with E-state index in [0.717, 1.165) is 40.6 Å². The summed E-state index contributed by atoms with van der Waals surface area (Å²) in [5.41, 5.74) is 0.951. The number of aromatic nitrogens is 1. The van der Waals surface area contributed by atoms with Crippen molar-refractivity contribution in [3.8, 4) is 5.75 Å². The Kier molecular flexibility index (Phi) is 4.20. The van der Waals surface area contributed by atoms with E-state index in [-0.39, 0.29) is 17.9 Å². The number of hydrogen-bond acceptors (Lipinski definition) is 5. The Bertz CT molecular complexity index is 679. The van der Waals surface area contributed by atoms with Gasteiger partial charge in [-0.05, 0) is 25.5 Å². The van der Waals surface area contributed by atoms with Crippen molar-refractivity contribution in [2.24, 2.45) is 5.92 Å². The molecule has 1 amide bonds. The van der Waals surface area contributed by atoms with Gasteiger partial charge in [-0.25, -0.2) is 4.98 Å². The van der Waals surface area contributed by atoms with Crippen LogP contribution in [0.3, 0.4) is 0 Å². The SMILES string of the molecule is CCC(C)NC(=O)C1CN(c2nc3cc(OC)ccc3s2)C1. The number of nitrogens with zero attached hydrogens (tertiary/aromatic N) is 2. The molecule has 0 spiro atoms. The molecule has 2 aromatic rings. The molecule has 0 aliphatic carbocycles. The predicted molar refractivity (Wildman–Crippen MR) is 89.8 cm³/mol. The number of methoxy groups -OCH3 is 1. The van der Waals surface area contributed by atoms with Gasteiger partial charge in [0.2, 0.25) is 5.91 Å². The van der Waals surface area contributed by atoms with E-state index in [1.54, 1.807) is 18.4 Å². The molecule has 1 aliphatic rings. The Hall–Kier alpha value is -1.82. The summed E-state index contributed by atoms with van der Waals surface area (Å²) in [7, 11) is 1.66. The standard InChI is InChI=1S/C16H21N3O2S/c1-4-10(2)17-15(20)11-8-19(9-11)16-18-13-7-12(21-3)5-6-14(13)22-16/h5-7,10-11H,4,8-9H2,1-3H3,(H,17,20). The molecule has 1 aromatic heterocycles. The third-order valence-electron chi connectivity index (χ3n) is 4.11. The van der Waals surface area contributed by atoms with Gasteiger partial charge in [0.15, 0.2) is 5.13 Å². The molecule has 0 radical (unpaired) electrons. The summed E-state index contributed by atoms with van der Waals surface area (Å²) in [6.07, 6.45) is 0.960. The smallest absolute Gasteiger partial charge is 0.226 e. The predicted octanol–water partition coefficient (Wildman–Crippen LogP) is 2.66. The summed E-state index contributed by atoms with van der Waals surface area (Å²) in [5, 5.41) is 4.03. The number of benzene rings is 1. The first-order valence-corrected chi connectivity index (χ1v) is 8.42. The molecule has 118 valence electrons. The topological polar surface area (TPSA) is 54.5 Å². The molecular weight excluding hydrogens is 298 g/mol. The van der Waals surface area contributed by atoms with Crippen LogP contribution in [0.25, 0.3) is 10.2 Å². The molecule has 1 unspecified atom stereocenters. The van der Waals surface area contributed by atoms with Crippen molar-refractivity contribution in [2.45, 2.75) is 26.3 Å². The van der Waals surface area contributed by atoms with Gasteiger partial charge in [0, 0.05) is 25.2 Å². The molecular formula is C16H21N3O2S. The van der Waals surface area contributed by atoms with Crippen molar-refractivity contribution in [3.05, 3.63) is 18.2 Å². The number of ether oxygens (including phenoxy) is 1. The summed E-state index contributed by atoms with van der Waals surface area (Å²) >= 11 is 1.66. The van der Waals surface area contributed by atoms with E-state index in [9.17, 15) is 4.79 Å². The van der Waals surface area contributed by atoms with Crippen LogP contribution in [-0.2, 0) is 4.79 Å². The maximum atomic E-state index is 12.1. The molecule has 1 fully saturated rings. The minimum absolute atomic E-state index is 0.0792. The van der Waals surface area contributed by atoms with E-state index < -0.39 is 0 Å². The van der Waals surface area contributed by atoms with Crippen LogP contribution in [0.4, 0.5) is 5.13 Å². The first-order valence-electron chi connectivity index (χ1n) is 7.60. The summed E-state index contributed by atoms with van der Waals surface area (Å²) in [6.45, 7) is 5.61. The Balaban J connectivity index is 1.64. The largest absolute Gasteiger partial charge is 0.497 e. The van der Waals surface area contributed by atoms with Crippen LogP contribution in [0.5, 0.6) is 5.75 Å². The Morgan fingerprint density at radius 1 is 1.55 bits per heavy atom. The highest BCUT2D eigenvalue weighted by Crippen LogP contribution is 2.34. The summed E-state index contributed by atoms with van der Waals surface area (Å²) < 4.78 is 6.37. The molecule has 2 heterocycles. The number of nitrogens with one attached hydrogen (secondary N) is 1. The molecule has 22 heavy (non-hydrogen) atoms. The van der Waals surface area contributed by atoms with Gasteiger partial charge in [-0.1, -0.05) is 18.3 Å². The monoisotopic (exact) mass is 319 g/mol. The number of thiazole rings is 1. The van der Waals surface area contributed by atoms with Gasteiger partial charge in [0.05, 0.1) is 23.2 Å². The van der Waals surface area contributed by atoms with E-state index in [2.05, 4.69) is 22.1 Å².